The van der Waals surface area contributed by atoms with Crippen molar-refractivity contribution in [2.45, 2.75) is 153 Å². The number of fused-ring (bicyclic) bond motifs is 2. The number of nitrogens with zero attached hydrogens (tertiary/aromatic N) is 1. The first-order valence-corrected chi connectivity index (χ1v) is 15.5. The van der Waals surface area contributed by atoms with Crippen LogP contribution in [0.25, 0.3) is 0 Å². The molecule has 0 aromatic carbocycles. The summed E-state index contributed by atoms with van der Waals surface area (Å²) in [5.74, 6) is 1.65. The molecule has 0 saturated heterocycles. The van der Waals surface area contributed by atoms with E-state index in [1.165, 1.54) is 56.1 Å². The van der Waals surface area contributed by atoms with Crippen LogP contribution in [0, 0.1) is 33.0 Å². The highest BCUT2D eigenvalue weighted by Gasteiger charge is 2.61. The lowest BCUT2D eigenvalue weighted by Crippen LogP contribution is -2.56. The van der Waals surface area contributed by atoms with Crippen molar-refractivity contribution in [3.63, 3.8) is 0 Å². The molecule has 2 aliphatic carbocycles. The van der Waals surface area contributed by atoms with E-state index in [-0.39, 0.29) is 27.4 Å². The van der Waals surface area contributed by atoms with Crippen molar-refractivity contribution in [1.29, 1.82) is 0 Å². The maximum atomic E-state index is 12.8. The molecule has 3 rings (SSSR count). The fourth-order valence-corrected chi connectivity index (χ4v) is 8.59. The summed E-state index contributed by atoms with van der Waals surface area (Å²) in [5.41, 5.74) is 3.23. The molecule has 0 unspecified atom stereocenters. The van der Waals surface area contributed by atoms with Crippen LogP contribution in [0.5, 0.6) is 0 Å². The van der Waals surface area contributed by atoms with E-state index < -0.39 is 0 Å². The molecule has 1 heterocycles. The summed E-state index contributed by atoms with van der Waals surface area (Å²) in [6.45, 7) is 28.4. The first-order valence-electron chi connectivity index (χ1n) is 15.5. The van der Waals surface area contributed by atoms with Gasteiger partial charge >= 0.3 is 0 Å². The number of ketones is 1. The fraction of sp³-hybridized carbons (Fsp3) is 0.829. The number of rotatable bonds is 11. The van der Waals surface area contributed by atoms with Gasteiger partial charge in [-0.1, -0.05) is 99.7 Å². The Morgan fingerprint density at radius 3 is 2.24 bits per heavy atom. The first kappa shape index (κ1) is 31.2. The predicted molar refractivity (Wildman–Crippen MR) is 160 cm³/mol. The SMILES string of the molecule is CCCC(C)(C)CC[C@](C)(CC)CCC(C)(C)[C@]1(C)CC[C@H]2C(C)(C)c3oncc3C[C@]2(C)/C1=C/C(C)=O. The van der Waals surface area contributed by atoms with Gasteiger partial charge in [0.15, 0.2) is 5.78 Å². The van der Waals surface area contributed by atoms with Gasteiger partial charge in [0.25, 0.3) is 0 Å². The van der Waals surface area contributed by atoms with Crippen LogP contribution >= 0.6 is 0 Å². The molecule has 0 radical (unpaired) electrons. The van der Waals surface area contributed by atoms with E-state index in [9.17, 15) is 4.79 Å². The van der Waals surface area contributed by atoms with Crippen LogP contribution in [0.3, 0.4) is 0 Å². The molecule has 0 amide bonds. The van der Waals surface area contributed by atoms with E-state index in [0.29, 0.717) is 16.7 Å². The molecule has 1 aromatic rings. The summed E-state index contributed by atoms with van der Waals surface area (Å²) in [7, 11) is 0. The van der Waals surface area contributed by atoms with E-state index in [2.05, 4.69) is 81.3 Å². The summed E-state index contributed by atoms with van der Waals surface area (Å²) in [6.07, 6.45) is 15.9. The Hall–Kier alpha value is -1.38. The number of allylic oxidation sites excluding steroid dienone is 2. The molecule has 3 nitrogen and oxygen atoms in total. The number of carbonyl (C=O) groups excluding carboxylic acids is 1. The minimum absolute atomic E-state index is 0.0369. The minimum Gasteiger partial charge on any atom is -0.361 e. The molecule has 2 aliphatic rings. The zero-order valence-electron chi connectivity index (χ0n) is 27.1. The largest absolute Gasteiger partial charge is 0.361 e. The summed E-state index contributed by atoms with van der Waals surface area (Å²) >= 11 is 0. The number of hydrogen-bond donors (Lipinski definition) is 0. The van der Waals surface area contributed by atoms with E-state index >= 15 is 0 Å². The Morgan fingerprint density at radius 2 is 1.66 bits per heavy atom. The van der Waals surface area contributed by atoms with E-state index in [1.807, 2.05) is 12.3 Å². The van der Waals surface area contributed by atoms with Crippen LogP contribution in [-0.2, 0) is 16.6 Å². The van der Waals surface area contributed by atoms with Crippen molar-refractivity contribution in [2.24, 2.45) is 33.0 Å². The zero-order valence-corrected chi connectivity index (χ0v) is 27.1. The summed E-state index contributed by atoms with van der Waals surface area (Å²) in [4.78, 5) is 12.8. The normalized spacial score (nSPS) is 30.0. The van der Waals surface area contributed by atoms with Crippen LogP contribution in [0.15, 0.2) is 22.4 Å². The second-order valence-electron chi connectivity index (χ2n) is 16.1. The maximum Gasteiger partial charge on any atom is 0.152 e. The molecular weight excluding hydrogens is 466 g/mol. The third-order valence-electron chi connectivity index (χ3n) is 12.0. The van der Waals surface area contributed by atoms with Crippen LogP contribution in [0.1, 0.15) is 152 Å². The molecule has 216 valence electrons. The average molecular weight is 526 g/mol. The lowest BCUT2D eigenvalue weighted by Gasteiger charge is -2.62. The van der Waals surface area contributed by atoms with Gasteiger partial charge in [0.2, 0.25) is 0 Å². The van der Waals surface area contributed by atoms with Crippen LogP contribution in [0.4, 0.5) is 0 Å². The van der Waals surface area contributed by atoms with E-state index in [0.717, 1.165) is 25.0 Å². The third kappa shape index (κ3) is 5.60. The van der Waals surface area contributed by atoms with Gasteiger partial charge in [0, 0.05) is 11.0 Å². The molecule has 1 saturated carbocycles. The molecular formula is C35H59NO2. The Labute approximate surface area is 235 Å². The quantitative estimate of drug-likeness (QED) is 0.270. The summed E-state index contributed by atoms with van der Waals surface area (Å²) < 4.78 is 5.81. The Balaban J connectivity index is 1.93. The summed E-state index contributed by atoms with van der Waals surface area (Å²) in [6, 6.07) is 0. The van der Waals surface area contributed by atoms with Crippen molar-refractivity contribution in [2.75, 3.05) is 0 Å². The Bertz CT molecular complexity index is 1030. The van der Waals surface area contributed by atoms with Crippen molar-refractivity contribution in [3.8, 4) is 0 Å². The second-order valence-corrected chi connectivity index (χ2v) is 16.1. The maximum absolute atomic E-state index is 12.8. The van der Waals surface area contributed by atoms with Crippen molar-refractivity contribution >= 4 is 5.78 Å². The Morgan fingerprint density at radius 1 is 1.03 bits per heavy atom. The van der Waals surface area contributed by atoms with E-state index in [1.54, 1.807) is 6.92 Å². The van der Waals surface area contributed by atoms with Gasteiger partial charge < -0.3 is 4.52 Å². The van der Waals surface area contributed by atoms with Gasteiger partial charge in [-0.15, -0.1) is 0 Å². The van der Waals surface area contributed by atoms with Gasteiger partial charge in [-0.2, -0.15) is 0 Å². The number of aromatic nitrogens is 1. The van der Waals surface area contributed by atoms with Gasteiger partial charge in [-0.3, -0.25) is 4.79 Å². The van der Waals surface area contributed by atoms with E-state index in [4.69, 9.17) is 4.52 Å². The van der Waals surface area contributed by atoms with Crippen molar-refractivity contribution in [1.82, 2.24) is 5.16 Å². The van der Waals surface area contributed by atoms with Gasteiger partial charge in [-0.25, -0.2) is 0 Å². The monoisotopic (exact) mass is 525 g/mol. The summed E-state index contributed by atoms with van der Waals surface area (Å²) in [5, 5.41) is 4.21. The molecule has 0 aliphatic heterocycles. The lowest BCUT2D eigenvalue weighted by molar-refractivity contribution is -0.113. The topological polar surface area (TPSA) is 43.1 Å². The van der Waals surface area contributed by atoms with Crippen LogP contribution < -0.4 is 0 Å². The number of carbonyl (C=O) groups is 1. The molecule has 0 bridgehead atoms. The lowest BCUT2D eigenvalue weighted by atomic mass is 9.41. The minimum atomic E-state index is -0.105. The smallest absolute Gasteiger partial charge is 0.152 e. The van der Waals surface area contributed by atoms with Gasteiger partial charge in [0.1, 0.15) is 5.76 Å². The Kier molecular flexibility index (Phi) is 8.65. The van der Waals surface area contributed by atoms with Gasteiger partial charge in [-0.05, 0) is 97.4 Å². The predicted octanol–water partition coefficient (Wildman–Crippen LogP) is 10.3. The van der Waals surface area contributed by atoms with Crippen LogP contribution in [-0.4, -0.2) is 10.9 Å². The molecule has 3 heteroatoms. The first-order chi connectivity index (χ1) is 17.4. The average Bonchev–Trinajstić information content (AvgIpc) is 3.28. The molecule has 1 aromatic heterocycles. The number of hydrogen-bond acceptors (Lipinski definition) is 3. The standard InChI is InChI=1S/C35H59NO2/c1-13-16-30(4,5)18-20-33(10,14-2)21-19-31(6,7)35(12)17-15-27-32(8,9)29-26(24-36-38-29)23-34(27,11)28(35)22-25(3)37/h22,24,27H,13-21,23H2,1-12H3/b28-22-/t27-,33-,34-,35+/m0/s1. The second kappa shape index (κ2) is 10.5. The highest BCUT2D eigenvalue weighted by atomic mass is 16.5. The van der Waals surface area contributed by atoms with Gasteiger partial charge in [0.05, 0.1) is 6.20 Å². The highest BCUT2D eigenvalue weighted by Crippen LogP contribution is 2.67. The zero-order chi connectivity index (χ0) is 28.8. The third-order valence-corrected chi connectivity index (χ3v) is 12.0. The molecule has 4 atom stereocenters. The van der Waals surface area contributed by atoms with Crippen LogP contribution in [0.2, 0.25) is 0 Å². The molecule has 0 spiro atoms. The highest BCUT2D eigenvalue weighted by molar-refractivity contribution is 5.88. The van der Waals surface area contributed by atoms with Crippen molar-refractivity contribution < 1.29 is 9.32 Å². The fourth-order valence-electron chi connectivity index (χ4n) is 8.59. The molecule has 1 fully saturated rings. The van der Waals surface area contributed by atoms with Crippen molar-refractivity contribution in [3.05, 3.63) is 29.2 Å². The molecule has 38 heavy (non-hydrogen) atoms. The molecule has 0 N–H and O–H groups in total.